The minimum Gasteiger partial charge on any atom is -0.321 e. The second-order valence-corrected chi connectivity index (χ2v) is 5.52. The Morgan fingerprint density at radius 3 is 2.79 bits per heavy atom. The summed E-state index contributed by atoms with van der Waals surface area (Å²) >= 11 is 0. The molecule has 6 nitrogen and oxygen atoms in total. The first kappa shape index (κ1) is 15.6. The number of anilines is 1. The zero-order chi connectivity index (χ0) is 17.3. The summed E-state index contributed by atoms with van der Waals surface area (Å²) in [7, 11) is 1.88. The molecule has 0 saturated heterocycles. The van der Waals surface area contributed by atoms with Crippen LogP contribution < -0.4 is 5.32 Å². The Hall–Kier alpha value is -3.33. The predicted molar refractivity (Wildman–Crippen MR) is 92.6 cm³/mol. The monoisotopic (exact) mass is 319 g/mol. The Morgan fingerprint density at radius 1 is 1.33 bits per heavy atom. The van der Waals surface area contributed by atoms with E-state index in [1.54, 1.807) is 35.0 Å². The van der Waals surface area contributed by atoms with Gasteiger partial charge in [0.2, 0.25) is 0 Å². The number of hydrogen-bond acceptors (Lipinski definition) is 3. The molecular weight excluding hydrogens is 302 g/mol. The fourth-order valence-corrected chi connectivity index (χ4v) is 2.60. The number of benzene rings is 1. The van der Waals surface area contributed by atoms with Gasteiger partial charge in [0, 0.05) is 29.6 Å². The highest BCUT2D eigenvalue weighted by Crippen LogP contribution is 2.25. The molecule has 2 aromatic heterocycles. The van der Waals surface area contributed by atoms with Crippen molar-refractivity contribution in [2.24, 2.45) is 7.05 Å². The van der Waals surface area contributed by atoms with Gasteiger partial charge in [0.15, 0.2) is 0 Å². The summed E-state index contributed by atoms with van der Waals surface area (Å²) < 4.78 is 1.80. The van der Waals surface area contributed by atoms with Gasteiger partial charge in [0.05, 0.1) is 11.4 Å². The maximum atomic E-state index is 12.4. The lowest BCUT2D eigenvalue weighted by Crippen LogP contribution is -2.12. The van der Waals surface area contributed by atoms with Crippen molar-refractivity contribution in [1.82, 2.24) is 20.0 Å². The number of carbonyl (C=O) groups excluding carboxylic acids is 1. The number of carbonyl (C=O) groups is 1. The fourth-order valence-electron chi connectivity index (χ4n) is 2.60. The third kappa shape index (κ3) is 2.79. The van der Waals surface area contributed by atoms with Crippen LogP contribution in [0.2, 0.25) is 0 Å². The van der Waals surface area contributed by atoms with Gasteiger partial charge in [-0.1, -0.05) is 12.0 Å². The lowest BCUT2D eigenvalue weighted by molar-refractivity contribution is 0.102. The van der Waals surface area contributed by atoms with Crippen LogP contribution in [0.5, 0.6) is 0 Å². The van der Waals surface area contributed by atoms with Gasteiger partial charge in [0.1, 0.15) is 5.69 Å². The van der Waals surface area contributed by atoms with Crippen molar-refractivity contribution in [3.63, 3.8) is 0 Å². The highest BCUT2D eigenvalue weighted by atomic mass is 16.1. The van der Waals surface area contributed by atoms with Crippen molar-refractivity contribution in [2.75, 3.05) is 5.32 Å². The summed E-state index contributed by atoms with van der Waals surface area (Å²) in [4.78, 5) is 12.4. The van der Waals surface area contributed by atoms with Crippen LogP contribution in [-0.2, 0) is 7.05 Å². The van der Waals surface area contributed by atoms with Crippen molar-refractivity contribution >= 4 is 11.6 Å². The number of rotatable bonds is 3. The van der Waals surface area contributed by atoms with Gasteiger partial charge in [-0.25, -0.2) is 0 Å². The highest BCUT2D eigenvalue weighted by Gasteiger charge is 2.17. The van der Waals surface area contributed by atoms with Crippen molar-refractivity contribution < 1.29 is 4.79 Å². The van der Waals surface area contributed by atoms with Crippen LogP contribution in [0.4, 0.5) is 5.69 Å². The average Bonchev–Trinajstić information content (AvgIpc) is 3.13. The Labute approximate surface area is 139 Å². The van der Waals surface area contributed by atoms with Gasteiger partial charge >= 0.3 is 0 Å². The van der Waals surface area contributed by atoms with Gasteiger partial charge in [-0.3, -0.25) is 14.6 Å². The van der Waals surface area contributed by atoms with Crippen molar-refractivity contribution in [1.29, 1.82) is 0 Å². The zero-order valence-electron chi connectivity index (χ0n) is 13.7. The summed E-state index contributed by atoms with van der Waals surface area (Å²) in [6.45, 7) is 3.89. The Balaban J connectivity index is 1.85. The molecule has 0 bridgehead atoms. The number of hydrogen-bond donors (Lipinski definition) is 2. The third-order valence-electron chi connectivity index (χ3n) is 3.87. The lowest BCUT2D eigenvalue weighted by Gasteiger charge is -2.03. The Morgan fingerprint density at radius 2 is 2.12 bits per heavy atom. The van der Waals surface area contributed by atoms with Gasteiger partial charge < -0.3 is 5.32 Å². The minimum atomic E-state index is -0.276. The number of aromatic nitrogens is 4. The number of H-pyrrole nitrogens is 1. The van der Waals surface area contributed by atoms with Gasteiger partial charge in [-0.15, -0.1) is 6.42 Å². The maximum absolute atomic E-state index is 12.4. The van der Waals surface area contributed by atoms with Gasteiger partial charge in [-0.05, 0) is 38.1 Å². The smallest absolute Gasteiger partial charge is 0.273 e. The van der Waals surface area contributed by atoms with E-state index in [4.69, 9.17) is 6.42 Å². The van der Waals surface area contributed by atoms with Gasteiger partial charge in [-0.2, -0.15) is 10.2 Å². The molecule has 2 N–H and O–H groups in total. The summed E-state index contributed by atoms with van der Waals surface area (Å²) in [6, 6.07) is 8.84. The number of amides is 1. The first-order chi connectivity index (χ1) is 11.5. The molecule has 0 aliphatic rings. The van der Waals surface area contributed by atoms with Crippen molar-refractivity contribution in [2.45, 2.75) is 13.8 Å². The minimum absolute atomic E-state index is 0.276. The van der Waals surface area contributed by atoms with E-state index in [1.807, 2.05) is 20.9 Å². The molecule has 0 aliphatic heterocycles. The fraction of sp³-hybridized carbons (Fsp3) is 0.167. The van der Waals surface area contributed by atoms with E-state index in [1.165, 1.54) is 0 Å². The molecule has 0 aliphatic carbocycles. The first-order valence-electron chi connectivity index (χ1n) is 7.43. The molecule has 0 radical (unpaired) electrons. The molecule has 0 spiro atoms. The standard InChI is InChI=1S/C18H17N5O/c1-5-13-7-6-8-14(9-13)19-18(24)16-10-15(20-21-16)17-11(2)22-23(4)12(17)3/h1,6-10H,2-4H3,(H,19,24)(H,20,21). The van der Waals surface area contributed by atoms with Crippen LogP contribution in [0.3, 0.4) is 0 Å². The van der Waals surface area contributed by atoms with E-state index in [0.717, 1.165) is 17.0 Å². The quantitative estimate of drug-likeness (QED) is 0.729. The molecule has 2 heterocycles. The van der Waals surface area contributed by atoms with Crippen molar-refractivity contribution in [3.8, 4) is 23.6 Å². The molecule has 0 atom stereocenters. The highest BCUT2D eigenvalue weighted by molar-refractivity contribution is 6.03. The van der Waals surface area contributed by atoms with Crippen LogP contribution >= 0.6 is 0 Å². The number of aromatic amines is 1. The SMILES string of the molecule is C#Cc1cccc(NC(=O)c2cc(-c3c(C)nn(C)c3C)n[nH]2)c1. The molecule has 0 fully saturated rings. The number of nitrogens with zero attached hydrogens (tertiary/aromatic N) is 3. The normalized spacial score (nSPS) is 10.4. The summed E-state index contributed by atoms with van der Waals surface area (Å²) in [5.41, 5.74) is 5.21. The first-order valence-corrected chi connectivity index (χ1v) is 7.43. The van der Waals surface area contributed by atoms with E-state index in [2.05, 4.69) is 26.5 Å². The zero-order valence-corrected chi connectivity index (χ0v) is 13.7. The van der Waals surface area contributed by atoms with E-state index in [0.29, 0.717) is 22.6 Å². The molecule has 120 valence electrons. The maximum Gasteiger partial charge on any atom is 0.273 e. The molecule has 0 saturated carbocycles. The summed E-state index contributed by atoms with van der Waals surface area (Å²) in [5, 5.41) is 14.2. The Bertz CT molecular complexity index is 958. The van der Waals surface area contributed by atoms with Crippen molar-refractivity contribution in [3.05, 3.63) is 53.0 Å². The van der Waals surface area contributed by atoms with Crippen LogP contribution in [0, 0.1) is 26.2 Å². The molecular formula is C18H17N5O. The molecule has 0 unspecified atom stereocenters. The lowest BCUT2D eigenvalue weighted by atomic mass is 10.1. The van der Waals surface area contributed by atoms with E-state index in [9.17, 15) is 4.79 Å². The second-order valence-electron chi connectivity index (χ2n) is 5.52. The molecule has 3 rings (SSSR count). The number of nitrogens with one attached hydrogen (secondary N) is 2. The van der Waals surface area contributed by atoms with Crippen LogP contribution in [0.25, 0.3) is 11.3 Å². The Kier molecular flexibility index (Phi) is 3.92. The largest absolute Gasteiger partial charge is 0.321 e. The van der Waals surface area contributed by atoms with Crippen LogP contribution in [-0.4, -0.2) is 25.9 Å². The molecule has 24 heavy (non-hydrogen) atoms. The van der Waals surface area contributed by atoms with Crippen LogP contribution in [0.15, 0.2) is 30.3 Å². The topological polar surface area (TPSA) is 75.6 Å². The number of terminal acetylenes is 1. The predicted octanol–water partition coefficient (Wildman–Crippen LogP) is 2.66. The molecule has 1 aromatic carbocycles. The summed E-state index contributed by atoms with van der Waals surface area (Å²) in [6.07, 6.45) is 5.37. The average molecular weight is 319 g/mol. The van der Waals surface area contributed by atoms with E-state index < -0.39 is 0 Å². The molecule has 3 aromatic rings. The van der Waals surface area contributed by atoms with Crippen LogP contribution in [0.1, 0.15) is 27.4 Å². The van der Waals surface area contributed by atoms with E-state index >= 15 is 0 Å². The number of aryl methyl sites for hydroxylation is 2. The van der Waals surface area contributed by atoms with E-state index in [-0.39, 0.29) is 5.91 Å². The second kappa shape index (κ2) is 6.05. The molecule has 6 heteroatoms. The van der Waals surface area contributed by atoms with Gasteiger partial charge in [0.25, 0.3) is 5.91 Å². The summed E-state index contributed by atoms with van der Waals surface area (Å²) in [5.74, 6) is 2.26. The molecule has 1 amide bonds. The third-order valence-corrected chi connectivity index (χ3v) is 3.87.